The summed E-state index contributed by atoms with van der Waals surface area (Å²) in [5, 5.41) is 14.4. The number of H-pyrrole nitrogens is 1. The second kappa shape index (κ2) is 10.6. The lowest BCUT2D eigenvalue weighted by molar-refractivity contribution is -0.0880. The van der Waals surface area contributed by atoms with Gasteiger partial charge in [0.25, 0.3) is 17.4 Å². The van der Waals surface area contributed by atoms with E-state index < -0.39 is 17.4 Å². The standard InChI is InChI=1S/C26H31N3O6/c1-14(2)9-16(4)29(33)26(32)17-8-7-15(3)20(11-17)27-24(30)19-10-18-12-22(34-5)23(35-6)13-21(18)28-25(19)31/h7-8,10-14,16,33H,9H2,1-6H3,(H,27,30)(H,28,31). The first kappa shape index (κ1) is 25.8. The highest BCUT2D eigenvalue weighted by molar-refractivity contribution is 6.07. The monoisotopic (exact) mass is 481 g/mol. The number of pyridine rings is 1. The predicted molar refractivity (Wildman–Crippen MR) is 134 cm³/mol. The zero-order valence-corrected chi connectivity index (χ0v) is 20.8. The van der Waals surface area contributed by atoms with Gasteiger partial charge in [0.2, 0.25) is 0 Å². The van der Waals surface area contributed by atoms with Crippen LogP contribution < -0.4 is 20.3 Å². The average molecular weight is 482 g/mol. The van der Waals surface area contributed by atoms with Gasteiger partial charge in [-0.25, -0.2) is 5.06 Å². The first-order chi connectivity index (χ1) is 16.5. The minimum Gasteiger partial charge on any atom is -0.493 e. The molecule has 0 aliphatic carbocycles. The van der Waals surface area contributed by atoms with E-state index in [2.05, 4.69) is 10.3 Å². The highest BCUT2D eigenvalue weighted by Crippen LogP contribution is 2.31. The quantitative estimate of drug-likeness (QED) is 0.324. The molecule has 0 saturated heterocycles. The Balaban J connectivity index is 1.90. The predicted octanol–water partition coefficient (Wildman–Crippen LogP) is 4.37. The van der Waals surface area contributed by atoms with Gasteiger partial charge < -0.3 is 19.8 Å². The summed E-state index contributed by atoms with van der Waals surface area (Å²) in [7, 11) is 2.99. The second-order valence-electron chi connectivity index (χ2n) is 8.92. The van der Waals surface area contributed by atoms with E-state index in [-0.39, 0.29) is 17.2 Å². The van der Waals surface area contributed by atoms with Crippen LogP contribution in [0.5, 0.6) is 11.5 Å². The number of methoxy groups -OCH3 is 2. The third kappa shape index (κ3) is 5.63. The molecule has 2 amide bonds. The number of nitrogens with one attached hydrogen (secondary N) is 2. The highest BCUT2D eigenvalue weighted by Gasteiger charge is 2.22. The normalized spacial score (nSPS) is 11.9. The van der Waals surface area contributed by atoms with Crippen molar-refractivity contribution in [1.82, 2.24) is 10.0 Å². The van der Waals surface area contributed by atoms with Crippen molar-refractivity contribution >= 4 is 28.4 Å². The van der Waals surface area contributed by atoms with Crippen LogP contribution in [0.1, 0.15) is 53.5 Å². The number of hydrogen-bond donors (Lipinski definition) is 3. The average Bonchev–Trinajstić information content (AvgIpc) is 2.82. The number of fused-ring (bicyclic) bond motifs is 1. The van der Waals surface area contributed by atoms with Gasteiger partial charge >= 0.3 is 0 Å². The summed E-state index contributed by atoms with van der Waals surface area (Å²) < 4.78 is 10.6. The molecule has 186 valence electrons. The lowest BCUT2D eigenvalue weighted by atomic mass is 10.0. The number of carbonyl (C=O) groups is 2. The Bertz CT molecular complexity index is 1310. The topological polar surface area (TPSA) is 121 Å². The van der Waals surface area contributed by atoms with Crippen molar-refractivity contribution in [2.45, 2.75) is 40.2 Å². The summed E-state index contributed by atoms with van der Waals surface area (Å²) in [5.41, 5.74) is 1.09. The summed E-state index contributed by atoms with van der Waals surface area (Å²) in [5.74, 6) is 0.00985. The molecule has 1 atom stereocenters. The Morgan fingerprint density at radius 1 is 1.06 bits per heavy atom. The number of nitrogens with zero attached hydrogens (tertiary/aromatic N) is 1. The third-order valence-electron chi connectivity index (χ3n) is 5.76. The number of hydroxylamine groups is 2. The summed E-state index contributed by atoms with van der Waals surface area (Å²) in [6.07, 6.45) is 0.638. The first-order valence-electron chi connectivity index (χ1n) is 11.3. The van der Waals surface area contributed by atoms with Gasteiger partial charge in [0.05, 0.1) is 25.8 Å². The van der Waals surface area contributed by atoms with Gasteiger partial charge in [-0.2, -0.15) is 0 Å². The van der Waals surface area contributed by atoms with E-state index in [1.807, 2.05) is 13.8 Å². The smallest absolute Gasteiger partial charge is 0.277 e. The van der Waals surface area contributed by atoms with Crippen molar-refractivity contribution in [3.05, 3.63) is 63.4 Å². The molecular weight excluding hydrogens is 450 g/mol. The minimum atomic E-state index is -0.635. The molecule has 0 radical (unpaired) electrons. The molecule has 0 aliphatic rings. The van der Waals surface area contributed by atoms with Gasteiger partial charge in [-0.05, 0) is 56.0 Å². The molecule has 0 saturated carbocycles. The number of hydrogen-bond acceptors (Lipinski definition) is 6. The fourth-order valence-electron chi connectivity index (χ4n) is 3.90. The van der Waals surface area contributed by atoms with Crippen LogP contribution >= 0.6 is 0 Å². The summed E-state index contributed by atoms with van der Waals surface area (Å²) >= 11 is 0. The maximum Gasteiger partial charge on any atom is 0.277 e. The maximum absolute atomic E-state index is 13.0. The molecule has 0 fully saturated rings. The first-order valence-corrected chi connectivity index (χ1v) is 11.3. The zero-order chi connectivity index (χ0) is 25.9. The summed E-state index contributed by atoms with van der Waals surface area (Å²) in [4.78, 5) is 41.1. The maximum atomic E-state index is 13.0. The highest BCUT2D eigenvalue weighted by atomic mass is 16.5. The van der Waals surface area contributed by atoms with Crippen LogP contribution in [0.2, 0.25) is 0 Å². The number of aromatic amines is 1. The molecule has 9 nitrogen and oxygen atoms in total. The van der Waals surface area contributed by atoms with Crippen LogP contribution in [0, 0.1) is 12.8 Å². The van der Waals surface area contributed by atoms with E-state index in [1.54, 1.807) is 38.1 Å². The molecule has 0 spiro atoms. The van der Waals surface area contributed by atoms with Crippen LogP contribution in [0.15, 0.2) is 41.2 Å². The molecule has 2 aromatic carbocycles. The van der Waals surface area contributed by atoms with Crippen molar-refractivity contribution in [2.24, 2.45) is 5.92 Å². The Labute approximate surface area is 203 Å². The fraction of sp³-hybridized carbons (Fsp3) is 0.346. The number of rotatable bonds is 8. The molecule has 0 aliphatic heterocycles. The van der Waals surface area contributed by atoms with Gasteiger partial charge in [0.15, 0.2) is 11.5 Å². The van der Waals surface area contributed by atoms with Crippen LogP contribution in [0.4, 0.5) is 5.69 Å². The van der Waals surface area contributed by atoms with Crippen molar-refractivity contribution in [2.75, 3.05) is 19.5 Å². The van der Waals surface area contributed by atoms with Crippen LogP contribution in [-0.4, -0.2) is 47.3 Å². The number of benzene rings is 2. The molecule has 3 N–H and O–H groups in total. The van der Waals surface area contributed by atoms with Crippen molar-refractivity contribution in [3.63, 3.8) is 0 Å². The van der Waals surface area contributed by atoms with Gasteiger partial charge in [-0.15, -0.1) is 0 Å². The molecule has 1 heterocycles. The Morgan fingerprint density at radius 3 is 2.34 bits per heavy atom. The molecule has 9 heteroatoms. The lowest BCUT2D eigenvalue weighted by Crippen LogP contribution is -2.36. The number of ether oxygens (including phenoxy) is 2. The number of carbonyl (C=O) groups excluding carboxylic acids is 2. The number of aromatic nitrogens is 1. The van der Waals surface area contributed by atoms with Crippen molar-refractivity contribution < 1.29 is 24.3 Å². The van der Waals surface area contributed by atoms with E-state index in [1.165, 1.54) is 26.4 Å². The van der Waals surface area contributed by atoms with E-state index in [9.17, 15) is 19.6 Å². The molecule has 3 rings (SSSR count). The Morgan fingerprint density at radius 2 is 1.71 bits per heavy atom. The van der Waals surface area contributed by atoms with E-state index in [0.717, 1.165) is 0 Å². The van der Waals surface area contributed by atoms with Crippen LogP contribution in [0.3, 0.4) is 0 Å². The van der Waals surface area contributed by atoms with Gasteiger partial charge in [0.1, 0.15) is 5.56 Å². The summed E-state index contributed by atoms with van der Waals surface area (Å²) in [6.45, 7) is 7.56. The minimum absolute atomic E-state index is 0.102. The Hall–Kier alpha value is -3.85. The van der Waals surface area contributed by atoms with E-state index >= 15 is 0 Å². The number of amides is 2. The Kier molecular flexibility index (Phi) is 7.81. The summed E-state index contributed by atoms with van der Waals surface area (Å²) in [6, 6.07) is 9.14. The molecule has 1 aromatic heterocycles. The molecule has 0 bridgehead atoms. The SMILES string of the molecule is COc1cc2cc(C(=O)Nc3cc(C(=O)N(O)C(C)CC(C)C)ccc3C)c(=O)[nH]c2cc1OC. The zero-order valence-electron chi connectivity index (χ0n) is 20.8. The van der Waals surface area contributed by atoms with Gasteiger partial charge in [-0.3, -0.25) is 19.6 Å². The van der Waals surface area contributed by atoms with Gasteiger partial charge in [0, 0.05) is 22.7 Å². The third-order valence-corrected chi connectivity index (χ3v) is 5.76. The molecular formula is C26H31N3O6. The van der Waals surface area contributed by atoms with Crippen LogP contribution in [0.25, 0.3) is 10.9 Å². The van der Waals surface area contributed by atoms with Crippen molar-refractivity contribution in [3.8, 4) is 11.5 Å². The van der Waals surface area contributed by atoms with E-state index in [4.69, 9.17) is 9.47 Å². The molecule has 3 aromatic rings. The second-order valence-corrected chi connectivity index (χ2v) is 8.92. The molecule has 1 unspecified atom stereocenters. The lowest BCUT2D eigenvalue weighted by Gasteiger charge is -2.24. The number of anilines is 1. The largest absolute Gasteiger partial charge is 0.493 e. The van der Waals surface area contributed by atoms with Crippen molar-refractivity contribution in [1.29, 1.82) is 0 Å². The fourth-order valence-corrected chi connectivity index (χ4v) is 3.90. The molecule has 35 heavy (non-hydrogen) atoms. The van der Waals surface area contributed by atoms with Gasteiger partial charge in [-0.1, -0.05) is 19.9 Å². The van der Waals surface area contributed by atoms with E-state index in [0.29, 0.717) is 51.1 Å². The van der Waals surface area contributed by atoms with Crippen LogP contribution in [-0.2, 0) is 0 Å². The number of aryl methyl sites for hydroxylation is 1.